The summed E-state index contributed by atoms with van der Waals surface area (Å²) in [5, 5.41) is 0. The second kappa shape index (κ2) is 4.08. The first kappa shape index (κ1) is 9.78. The minimum absolute atomic E-state index is 1.05. The molecule has 0 aliphatic heterocycles. The zero-order valence-corrected chi connectivity index (χ0v) is 8.70. The van der Waals surface area contributed by atoms with E-state index in [0.717, 1.165) is 11.5 Å². The smallest absolute Gasteiger partial charge is 0.106 e. The highest BCUT2D eigenvalue weighted by atomic mass is 15.1. The summed E-state index contributed by atoms with van der Waals surface area (Å²) in [5.41, 5.74) is 2.26. The van der Waals surface area contributed by atoms with Gasteiger partial charge in [-0.05, 0) is 26.8 Å². The SMILES string of the molecule is C/C=C\C=C/c1c(C)nc(C)n1C. The fourth-order valence-electron chi connectivity index (χ4n) is 1.28. The van der Waals surface area contributed by atoms with E-state index >= 15 is 0 Å². The molecule has 0 radical (unpaired) electrons. The number of imidazole rings is 1. The second-order valence-corrected chi connectivity index (χ2v) is 3.07. The second-order valence-electron chi connectivity index (χ2n) is 3.07. The number of hydrogen-bond donors (Lipinski definition) is 0. The lowest BCUT2D eigenvalue weighted by Crippen LogP contribution is -1.93. The van der Waals surface area contributed by atoms with E-state index in [1.54, 1.807) is 0 Å². The van der Waals surface area contributed by atoms with Crippen LogP contribution in [0.2, 0.25) is 0 Å². The van der Waals surface area contributed by atoms with Crippen molar-refractivity contribution < 1.29 is 0 Å². The van der Waals surface area contributed by atoms with Crippen LogP contribution >= 0.6 is 0 Å². The fourth-order valence-corrected chi connectivity index (χ4v) is 1.28. The third-order valence-electron chi connectivity index (χ3n) is 2.10. The van der Waals surface area contributed by atoms with Crippen LogP contribution in [0.25, 0.3) is 6.08 Å². The van der Waals surface area contributed by atoms with Gasteiger partial charge in [0.2, 0.25) is 0 Å². The number of allylic oxidation sites excluding steroid dienone is 3. The van der Waals surface area contributed by atoms with Crippen molar-refractivity contribution in [3.8, 4) is 0 Å². The maximum atomic E-state index is 4.38. The van der Waals surface area contributed by atoms with Crippen LogP contribution in [0.3, 0.4) is 0 Å². The minimum Gasteiger partial charge on any atom is -0.332 e. The Hall–Kier alpha value is -1.31. The van der Waals surface area contributed by atoms with Gasteiger partial charge in [-0.3, -0.25) is 0 Å². The van der Waals surface area contributed by atoms with Gasteiger partial charge >= 0.3 is 0 Å². The molecule has 0 spiro atoms. The first-order valence-corrected chi connectivity index (χ1v) is 4.46. The molecule has 2 heteroatoms. The molecule has 2 nitrogen and oxygen atoms in total. The summed E-state index contributed by atoms with van der Waals surface area (Å²) in [6, 6.07) is 0. The molecule has 0 aromatic carbocycles. The number of hydrogen-bond acceptors (Lipinski definition) is 1. The topological polar surface area (TPSA) is 17.8 Å². The average molecular weight is 176 g/mol. The summed E-state index contributed by atoms with van der Waals surface area (Å²) in [5.74, 6) is 1.05. The zero-order valence-electron chi connectivity index (χ0n) is 8.70. The molecule has 13 heavy (non-hydrogen) atoms. The van der Waals surface area contributed by atoms with Crippen molar-refractivity contribution in [2.45, 2.75) is 20.8 Å². The molecule has 0 aliphatic rings. The maximum Gasteiger partial charge on any atom is 0.106 e. The molecule has 0 unspecified atom stereocenters. The highest BCUT2D eigenvalue weighted by Crippen LogP contribution is 2.10. The highest BCUT2D eigenvalue weighted by Gasteiger charge is 2.03. The quantitative estimate of drug-likeness (QED) is 0.633. The largest absolute Gasteiger partial charge is 0.332 e. The van der Waals surface area contributed by atoms with Gasteiger partial charge in [-0.1, -0.05) is 18.2 Å². The van der Waals surface area contributed by atoms with Crippen LogP contribution < -0.4 is 0 Å². The Morgan fingerprint density at radius 1 is 1.23 bits per heavy atom. The summed E-state index contributed by atoms with van der Waals surface area (Å²) in [6.07, 6.45) is 8.13. The van der Waals surface area contributed by atoms with Gasteiger partial charge in [0.05, 0.1) is 11.4 Å². The molecule has 0 atom stereocenters. The fraction of sp³-hybridized carbons (Fsp3) is 0.364. The highest BCUT2D eigenvalue weighted by molar-refractivity contribution is 5.50. The Labute approximate surface area is 79.6 Å². The molecule has 0 fully saturated rings. The molecule has 1 aromatic heterocycles. The molecule has 0 bridgehead atoms. The van der Waals surface area contributed by atoms with Crippen LogP contribution in [0.5, 0.6) is 0 Å². The lowest BCUT2D eigenvalue weighted by molar-refractivity contribution is 0.849. The van der Waals surface area contributed by atoms with E-state index in [2.05, 4.69) is 15.6 Å². The van der Waals surface area contributed by atoms with E-state index in [4.69, 9.17) is 0 Å². The summed E-state index contributed by atoms with van der Waals surface area (Å²) >= 11 is 0. The van der Waals surface area contributed by atoms with Crippen molar-refractivity contribution in [1.29, 1.82) is 0 Å². The zero-order chi connectivity index (χ0) is 9.84. The Morgan fingerprint density at radius 2 is 1.92 bits per heavy atom. The molecule has 1 heterocycles. The molecule has 1 aromatic rings. The number of nitrogens with zero attached hydrogens (tertiary/aromatic N) is 2. The van der Waals surface area contributed by atoms with Crippen molar-refractivity contribution in [2.24, 2.45) is 7.05 Å². The molecule has 0 aliphatic carbocycles. The minimum atomic E-state index is 1.05. The van der Waals surface area contributed by atoms with Crippen molar-refractivity contribution in [3.63, 3.8) is 0 Å². The van der Waals surface area contributed by atoms with E-state index in [-0.39, 0.29) is 0 Å². The van der Waals surface area contributed by atoms with Crippen molar-refractivity contribution in [3.05, 3.63) is 35.4 Å². The van der Waals surface area contributed by atoms with Gasteiger partial charge in [0.15, 0.2) is 0 Å². The van der Waals surface area contributed by atoms with Gasteiger partial charge in [0.1, 0.15) is 5.82 Å². The molecule has 1 rings (SSSR count). The Morgan fingerprint density at radius 3 is 2.38 bits per heavy atom. The molecule has 0 amide bonds. The number of aryl methyl sites for hydroxylation is 2. The summed E-state index contributed by atoms with van der Waals surface area (Å²) in [7, 11) is 2.03. The Balaban J connectivity index is 3.00. The van der Waals surface area contributed by atoms with Gasteiger partial charge in [0, 0.05) is 7.05 Å². The monoisotopic (exact) mass is 176 g/mol. The van der Waals surface area contributed by atoms with Crippen molar-refractivity contribution in [1.82, 2.24) is 9.55 Å². The van der Waals surface area contributed by atoms with E-state index in [1.165, 1.54) is 5.69 Å². The molecule has 0 saturated carbocycles. The number of rotatable bonds is 2. The number of aromatic nitrogens is 2. The third-order valence-corrected chi connectivity index (χ3v) is 2.10. The van der Waals surface area contributed by atoms with E-state index < -0.39 is 0 Å². The lowest BCUT2D eigenvalue weighted by Gasteiger charge is -1.97. The molecule has 0 saturated heterocycles. The van der Waals surface area contributed by atoms with Crippen LogP contribution in [-0.4, -0.2) is 9.55 Å². The van der Waals surface area contributed by atoms with Gasteiger partial charge in [-0.25, -0.2) is 4.98 Å². The summed E-state index contributed by atoms with van der Waals surface area (Å²) < 4.78 is 2.09. The van der Waals surface area contributed by atoms with Crippen molar-refractivity contribution in [2.75, 3.05) is 0 Å². The molecular formula is C11H16N2. The van der Waals surface area contributed by atoms with Crippen LogP contribution in [0.1, 0.15) is 24.1 Å². The standard InChI is InChI=1S/C11H16N2/c1-5-6-7-8-11-9(2)12-10(3)13(11)4/h5-8H,1-4H3/b6-5-,8-7-. The molecule has 0 N–H and O–H groups in total. The Bertz CT molecular complexity index is 343. The molecule has 70 valence electrons. The summed E-state index contributed by atoms with van der Waals surface area (Å²) in [4.78, 5) is 4.38. The van der Waals surface area contributed by atoms with Crippen LogP contribution in [0.4, 0.5) is 0 Å². The van der Waals surface area contributed by atoms with E-state index in [9.17, 15) is 0 Å². The van der Waals surface area contributed by atoms with Gasteiger partial charge in [-0.15, -0.1) is 0 Å². The normalized spacial score (nSPS) is 12.0. The van der Waals surface area contributed by atoms with Gasteiger partial charge in [-0.2, -0.15) is 0 Å². The van der Waals surface area contributed by atoms with Gasteiger partial charge < -0.3 is 4.57 Å². The predicted octanol–water partition coefficient (Wildman–Crippen LogP) is 2.63. The van der Waals surface area contributed by atoms with Crippen LogP contribution in [0, 0.1) is 13.8 Å². The molecular weight excluding hydrogens is 160 g/mol. The first-order chi connectivity index (χ1) is 6.16. The van der Waals surface area contributed by atoms with Crippen LogP contribution in [0.15, 0.2) is 18.2 Å². The average Bonchev–Trinajstić information content (AvgIpc) is 2.32. The lowest BCUT2D eigenvalue weighted by atomic mass is 10.3. The third kappa shape index (κ3) is 2.08. The van der Waals surface area contributed by atoms with Crippen LogP contribution in [-0.2, 0) is 7.05 Å². The maximum absolute atomic E-state index is 4.38. The first-order valence-electron chi connectivity index (χ1n) is 4.46. The van der Waals surface area contributed by atoms with E-state index in [0.29, 0.717) is 0 Å². The Kier molecular flexibility index (Phi) is 3.07. The van der Waals surface area contributed by atoms with Gasteiger partial charge in [0.25, 0.3) is 0 Å². The summed E-state index contributed by atoms with van der Waals surface area (Å²) in [6.45, 7) is 6.05. The van der Waals surface area contributed by atoms with E-state index in [1.807, 2.05) is 46.0 Å². The van der Waals surface area contributed by atoms with Crippen molar-refractivity contribution >= 4 is 6.08 Å². The predicted molar refractivity (Wildman–Crippen MR) is 56.5 cm³/mol.